The van der Waals surface area contributed by atoms with Gasteiger partial charge in [0.2, 0.25) is 0 Å². The van der Waals surface area contributed by atoms with Crippen molar-refractivity contribution in [1.82, 2.24) is 0 Å². The van der Waals surface area contributed by atoms with Crippen LogP contribution < -0.4 is 9.47 Å². The van der Waals surface area contributed by atoms with Crippen LogP contribution in [0, 0.1) is 0 Å². The molecule has 2 aromatic carbocycles. The van der Waals surface area contributed by atoms with Gasteiger partial charge in [0.15, 0.2) is 0 Å². The first kappa shape index (κ1) is 21.1. The third kappa shape index (κ3) is 4.94. The van der Waals surface area contributed by atoms with Gasteiger partial charge in [-0.1, -0.05) is 29.9 Å². The van der Waals surface area contributed by atoms with E-state index in [0.717, 1.165) is 16.9 Å². The highest BCUT2D eigenvalue weighted by molar-refractivity contribution is 5.98. The van der Waals surface area contributed by atoms with E-state index >= 15 is 0 Å². The molecule has 2 rings (SSSR count). The Bertz CT molecular complexity index is 879. The molecule has 0 spiro atoms. The summed E-state index contributed by atoms with van der Waals surface area (Å²) in [7, 11) is 4.43. The number of carbonyl (C=O) groups is 1. The molecular formula is C23H26O5. The van der Waals surface area contributed by atoms with Gasteiger partial charge >= 0.3 is 5.97 Å². The van der Waals surface area contributed by atoms with E-state index in [4.69, 9.17) is 14.2 Å². The minimum absolute atomic E-state index is 0.116. The zero-order chi connectivity index (χ0) is 20.7. The third-order valence-electron chi connectivity index (χ3n) is 4.38. The second-order valence-corrected chi connectivity index (χ2v) is 6.43. The average molecular weight is 382 g/mol. The summed E-state index contributed by atoms with van der Waals surface area (Å²) in [6.45, 7) is 5.80. The molecule has 0 aliphatic carbocycles. The van der Waals surface area contributed by atoms with Crippen molar-refractivity contribution in [1.29, 1.82) is 0 Å². The molecule has 5 nitrogen and oxygen atoms in total. The number of carbonyl (C=O) groups excluding carboxylic acids is 1. The quantitative estimate of drug-likeness (QED) is 0.401. The number of aromatic hydroxyl groups is 1. The molecule has 2 aromatic rings. The van der Waals surface area contributed by atoms with E-state index in [1.807, 2.05) is 37.3 Å². The molecule has 5 heteroatoms. The van der Waals surface area contributed by atoms with E-state index in [9.17, 15) is 9.90 Å². The fraction of sp³-hybridized carbons (Fsp3) is 0.261. The lowest BCUT2D eigenvalue weighted by Gasteiger charge is -2.16. The molecule has 0 bridgehead atoms. The van der Waals surface area contributed by atoms with Gasteiger partial charge in [0, 0.05) is 5.56 Å². The molecule has 0 heterocycles. The van der Waals surface area contributed by atoms with Crippen LogP contribution in [0.25, 0.3) is 12.2 Å². The lowest BCUT2D eigenvalue weighted by Crippen LogP contribution is -2.07. The monoisotopic (exact) mass is 382 g/mol. The van der Waals surface area contributed by atoms with Crippen molar-refractivity contribution in [3.8, 4) is 17.2 Å². The number of methoxy groups -OCH3 is 3. The van der Waals surface area contributed by atoms with Crippen molar-refractivity contribution in [2.45, 2.75) is 19.8 Å². The molecule has 0 aliphatic rings. The van der Waals surface area contributed by atoms with Crippen molar-refractivity contribution in [3.05, 3.63) is 64.7 Å². The maximum absolute atomic E-state index is 12.3. The summed E-state index contributed by atoms with van der Waals surface area (Å²) < 4.78 is 15.5. The zero-order valence-corrected chi connectivity index (χ0v) is 16.7. The van der Waals surface area contributed by atoms with Gasteiger partial charge in [-0.2, -0.15) is 0 Å². The minimum atomic E-state index is -0.605. The van der Waals surface area contributed by atoms with Gasteiger partial charge in [-0.3, -0.25) is 0 Å². The molecule has 1 N–H and O–H groups in total. The Balaban J connectivity index is 2.51. The summed E-state index contributed by atoms with van der Waals surface area (Å²) in [5.74, 6) is 0.544. The smallest absolute Gasteiger partial charge is 0.342 e. The van der Waals surface area contributed by atoms with Crippen LogP contribution in [0.15, 0.2) is 42.5 Å². The Morgan fingerprint density at radius 3 is 2.32 bits per heavy atom. The first-order valence-electron chi connectivity index (χ1n) is 8.88. The summed E-state index contributed by atoms with van der Waals surface area (Å²) in [6, 6.07) is 9.22. The average Bonchev–Trinajstić information content (AvgIpc) is 2.70. The van der Waals surface area contributed by atoms with Gasteiger partial charge in [-0.25, -0.2) is 4.79 Å². The molecule has 0 atom stereocenters. The highest BCUT2D eigenvalue weighted by atomic mass is 16.5. The van der Waals surface area contributed by atoms with E-state index in [0.29, 0.717) is 29.7 Å². The van der Waals surface area contributed by atoms with Crippen molar-refractivity contribution in [3.63, 3.8) is 0 Å². The van der Waals surface area contributed by atoms with Gasteiger partial charge in [-0.05, 0) is 49.1 Å². The predicted molar refractivity (Wildman–Crippen MR) is 111 cm³/mol. The first-order chi connectivity index (χ1) is 13.4. The molecule has 0 fully saturated rings. The maximum Gasteiger partial charge on any atom is 0.342 e. The zero-order valence-electron chi connectivity index (χ0n) is 16.7. The fourth-order valence-corrected chi connectivity index (χ4v) is 2.82. The van der Waals surface area contributed by atoms with E-state index in [-0.39, 0.29) is 11.3 Å². The standard InChI is InChI=1S/C23H26O5/c1-15(2)6-13-19-20(27-4)14-17(21(22(19)24)23(25)28-5)10-7-16-8-11-18(26-3)12-9-16/h7-12,14,24H,1,6,13H2,2-5H3. The lowest BCUT2D eigenvalue weighted by molar-refractivity contribution is 0.0597. The topological polar surface area (TPSA) is 65.0 Å². The predicted octanol–water partition coefficient (Wildman–Crippen LogP) is 4.88. The van der Waals surface area contributed by atoms with Gasteiger partial charge in [0.1, 0.15) is 22.8 Å². The number of hydrogen-bond donors (Lipinski definition) is 1. The second-order valence-electron chi connectivity index (χ2n) is 6.43. The highest BCUT2D eigenvalue weighted by Gasteiger charge is 2.22. The Morgan fingerprint density at radius 1 is 1.11 bits per heavy atom. The largest absolute Gasteiger partial charge is 0.507 e. The highest BCUT2D eigenvalue weighted by Crippen LogP contribution is 2.37. The molecule has 0 amide bonds. The Kier molecular flexibility index (Phi) is 7.27. The van der Waals surface area contributed by atoms with Gasteiger partial charge in [-0.15, -0.1) is 6.58 Å². The van der Waals surface area contributed by atoms with E-state index in [1.165, 1.54) is 14.2 Å². The molecule has 0 saturated heterocycles. The number of esters is 1. The van der Waals surface area contributed by atoms with Crippen LogP contribution in [0.3, 0.4) is 0 Å². The SMILES string of the molecule is C=C(C)CCc1c(OC)cc(C=Cc2ccc(OC)cc2)c(C(=O)OC)c1O. The molecule has 0 aromatic heterocycles. The number of rotatable bonds is 8. The molecule has 0 saturated carbocycles. The van der Waals surface area contributed by atoms with Crippen molar-refractivity contribution >= 4 is 18.1 Å². The summed E-state index contributed by atoms with van der Waals surface area (Å²) in [5, 5.41) is 10.8. The number of ether oxygens (including phenoxy) is 3. The Labute approximate surface area is 165 Å². The van der Waals surface area contributed by atoms with E-state index in [1.54, 1.807) is 19.3 Å². The molecular weight excluding hydrogens is 356 g/mol. The summed E-state index contributed by atoms with van der Waals surface area (Å²) in [4.78, 5) is 12.3. The van der Waals surface area contributed by atoms with Crippen LogP contribution in [0.1, 0.15) is 40.4 Å². The number of phenols is 1. The van der Waals surface area contributed by atoms with Gasteiger partial charge in [0.05, 0.1) is 21.3 Å². The number of phenolic OH excluding ortho intramolecular Hbond substituents is 1. The number of hydrogen-bond acceptors (Lipinski definition) is 5. The van der Waals surface area contributed by atoms with Crippen LogP contribution in [0.4, 0.5) is 0 Å². The summed E-state index contributed by atoms with van der Waals surface area (Å²) in [6.07, 6.45) is 4.77. The molecule has 28 heavy (non-hydrogen) atoms. The molecule has 0 radical (unpaired) electrons. The van der Waals surface area contributed by atoms with Crippen LogP contribution in [-0.2, 0) is 11.2 Å². The fourth-order valence-electron chi connectivity index (χ4n) is 2.82. The van der Waals surface area contributed by atoms with Gasteiger partial charge in [0.25, 0.3) is 0 Å². The molecule has 0 unspecified atom stereocenters. The minimum Gasteiger partial charge on any atom is -0.507 e. The van der Waals surface area contributed by atoms with Crippen LogP contribution >= 0.6 is 0 Å². The normalized spacial score (nSPS) is 10.7. The number of benzene rings is 2. The second kappa shape index (κ2) is 9.65. The Morgan fingerprint density at radius 2 is 1.79 bits per heavy atom. The molecule has 0 aliphatic heterocycles. The summed E-state index contributed by atoms with van der Waals surface area (Å²) >= 11 is 0. The van der Waals surface area contributed by atoms with Crippen molar-refractivity contribution in [2.24, 2.45) is 0 Å². The Hall–Kier alpha value is -3.21. The van der Waals surface area contributed by atoms with Crippen LogP contribution in [0.2, 0.25) is 0 Å². The summed E-state index contributed by atoms with van der Waals surface area (Å²) in [5.41, 5.74) is 3.08. The lowest BCUT2D eigenvalue weighted by atomic mass is 9.96. The van der Waals surface area contributed by atoms with Crippen LogP contribution in [0.5, 0.6) is 17.2 Å². The van der Waals surface area contributed by atoms with Gasteiger partial charge < -0.3 is 19.3 Å². The molecule has 148 valence electrons. The van der Waals surface area contributed by atoms with Crippen molar-refractivity contribution in [2.75, 3.05) is 21.3 Å². The maximum atomic E-state index is 12.3. The number of allylic oxidation sites excluding steroid dienone is 1. The van der Waals surface area contributed by atoms with E-state index < -0.39 is 5.97 Å². The van der Waals surface area contributed by atoms with Crippen LogP contribution in [-0.4, -0.2) is 32.4 Å². The third-order valence-corrected chi connectivity index (χ3v) is 4.38. The van der Waals surface area contributed by atoms with E-state index in [2.05, 4.69) is 6.58 Å². The first-order valence-corrected chi connectivity index (χ1v) is 8.88. The van der Waals surface area contributed by atoms with Crippen molar-refractivity contribution < 1.29 is 24.1 Å².